The number of hydrogen-bond acceptors (Lipinski definition) is 3. The van der Waals surface area contributed by atoms with Crippen LogP contribution in [0.4, 0.5) is 5.69 Å². The molecule has 1 aliphatic rings. The Kier molecular flexibility index (Phi) is 4.09. The Labute approximate surface area is 131 Å². The SMILES string of the molecule is Cc1cccc(N2CCN(C(=O)c3ccncc3)C[C@@H]2C)c1. The van der Waals surface area contributed by atoms with Gasteiger partial charge in [-0.3, -0.25) is 9.78 Å². The molecular weight excluding hydrogens is 274 g/mol. The lowest BCUT2D eigenvalue weighted by Gasteiger charge is -2.41. The minimum atomic E-state index is 0.0955. The minimum absolute atomic E-state index is 0.0955. The molecule has 1 saturated heterocycles. The van der Waals surface area contributed by atoms with Crippen LogP contribution in [0.2, 0.25) is 0 Å². The van der Waals surface area contributed by atoms with E-state index < -0.39 is 0 Å². The van der Waals surface area contributed by atoms with Crippen LogP contribution in [0.25, 0.3) is 0 Å². The van der Waals surface area contributed by atoms with Crippen molar-refractivity contribution < 1.29 is 4.79 Å². The number of carbonyl (C=O) groups excluding carboxylic acids is 1. The third-order valence-corrected chi connectivity index (χ3v) is 4.18. The van der Waals surface area contributed by atoms with E-state index in [1.54, 1.807) is 24.5 Å². The van der Waals surface area contributed by atoms with E-state index >= 15 is 0 Å². The smallest absolute Gasteiger partial charge is 0.254 e. The maximum absolute atomic E-state index is 12.5. The zero-order valence-electron chi connectivity index (χ0n) is 13.1. The van der Waals surface area contributed by atoms with Crippen LogP contribution in [-0.4, -0.2) is 41.5 Å². The fraction of sp³-hybridized carbons (Fsp3) is 0.333. The van der Waals surface area contributed by atoms with Crippen molar-refractivity contribution in [2.24, 2.45) is 0 Å². The Bertz CT molecular complexity index is 656. The average molecular weight is 295 g/mol. The van der Waals surface area contributed by atoms with Crippen LogP contribution >= 0.6 is 0 Å². The molecule has 0 spiro atoms. The first-order valence-corrected chi connectivity index (χ1v) is 7.68. The van der Waals surface area contributed by atoms with Crippen LogP contribution in [0.3, 0.4) is 0 Å². The molecule has 4 heteroatoms. The molecule has 1 aromatic carbocycles. The van der Waals surface area contributed by atoms with Crippen molar-refractivity contribution in [3.63, 3.8) is 0 Å². The van der Waals surface area contributed by atoms with Gasteiger partial charge in [-0.2, -0.15) is 0 Å². The minimum Gasteiger partial charge on any atom is -0.365 e. The summed E-state index contributed by atoms with van der Waals surface area (Å²) >= 11 is 0. The van der Waals surface area contributed by atoms with Gasteiger partial charge in [-0.25, -0.2) is 0 Å². The molecule has 1 fully saturated rings. The predicted octanol–water partition coefficient (Wildman–Crippen LogP) is 2.74. The van der Waals surface area contributed by atoms with E-state index in [4.69, 9.17) is 0 Å². The Morgan fingerprint density at radius 1 is 1.18 bits per heavy atom. The highest BCUT2D eigenvalue weighted by molar-refractivity contribution is 5.94. The number of anilines is 1. The van der Waals surface area contributed by atoms with Crippen LogP contribution in [0.5, 0.6) is 0 Å². The Morgan fingerprint density at radius 3 is 2.64 bits per heavy atom. The van der Waals surface area contributed by atoms with E-state index in [0.717, 1.165) is 19.6 Å². The summed E-state index contributed by atoms with van der Waals surface area (Å²) in [5, 5.41) is 0. The fourth-order valence-corrected chi connectivity index (χ4v) is 3.01. The number of amides is 1. The second-order valence-electron chi connectivity index (χ2n) is 5.87. The Hall–Kier alpha value is -2.36. The summed E-state index contributed by atoms with van der Waals surface area (Å²) in [6, 6.07) is 12.4. The lowest BCUT2D eigenvalue weighted by Crippen LogP contribution is -2.53. The number of aromatic nitrogens is 1. The zero-order chi connectivity index (χ0) is 15.5. The molecule has 2 heterocycles. The Balaban J connectivity index is 1.71. The first-order valence-electron chi connectivity index (χ1n) is 7.68. The maximum Gasteiger partial charge on any atom is 0.254 e. The molecule has 1 aliphatic heterocycles. The fourth-order valence-electron chi connectivity index (χ4n) is 3.01. The summed E-state index contributed by atoms with van der Waals surface area (Å²) in [6.07, 6.45) is 3.33. The molecule has 2 aromatic rings. The van der Waals surface area contributed by atoms with Crippen LogP contribution in [0.1, 0.15) is 22.8 Å². The lowest BCUT2D eigenvalue weighted by molar-refractivity contribution is 0.0726. The molecule has 0 N–H and O–H groups in total. The van der Waals surface area contributed by atoms with Crippen LogP contribution < -0.4 is 4.90 Å². The van der Waals surface area contributed by atoms with Gasteiger partial charge < -0.3 is 9.80 Å². The third-order valence-electron chi connectivity index (χ3n) is 4.18. The van der Waals surface area contributed by atoms with Gasteiger partial charge in [0.05, 0.1) is 0 Å². The zero-order valence-corrected chi connectivity index (χ0v) is 13.1. The number of carbonyl (C=O) groups is 1. The van der Waals surface area contributed by atoms with Crippen molar-refractivity contribution in [1.82, 2.24) is 9.88 Å². The average Bonchev–Trinajstić information content (AvgIpc) is 2.55. The Morgan fingerprint density at radius 2 is 1.95 bits per heavy atom. The van der Waals surface area contributed by atoms with Crippen LogP contribution in [0, 0.1) is 6.92 Å². The number of pyridine rings is 1. The van der Waals surface area contributed by atoms with E-state index in [2.05, 4.69) is 48.0 Å². The highest BCUT2D eigenvalue weighted by Crippen LogP contribution is 2.22. The normalized spacial score (nSPS) is 18.4. The standard InChI is InChI=1S/C18H21N3O/c1-14-4-3-5-17(12-14)21-11-10-20(13-15(21)2)18(22)16-6-8-19-9-7-16/h3-9,12,15H,10-11,13H2,1-2H3/t15-/m0/s1. The van der Waals surface area contributed by atoms with Crippen LogP contribution in [0.15, 0.2) is 48.8 Å². The second kappa shape index (κ2) is 6.18. The highest BCUT2D eigenvalue weighted by Gasteiger charge is 2.27. The molecule has 1 amide bonds. The molecule has 1 aromatic heterocycles. The molecule has 0 aliphatic carbocycles. The van der Waals surface area contributed by atoms with Gasteiger partial charge in [-0.15, -0.1) is 0 Å². The molecule has 0 saturated carbocycles. The van der Waals surface area contributed by atoms with E-state index in [0.29, 0.717) is 11.6 Å². The molecule has 0 unspecified atom stereocenters. The maximum atomic E-state index is 12.5. The summed E-state index contributed by atoms with van der Waals surface area (Å²) in [6.45, 7) is 6.64. The molecule has 0 bridgehead atoms. The highest BCUT2D eigenvalue weighted by atomic mass is 16.2. The molecule has 114 valence electrons. The number of aryl methyl sites for hydroxylation is 1. The summed E-state index contributed by atoms with van der Waals surface area (Å²) in [5.74, 6) is 0.0955. The molecule has 1 atom stereocenters. The second-order valence-corrected chi connectivity index (χ2v) is 5.87. The van der Waals surface area contributed by atoms with Gasteiger partial charge in [0.25, 0.3) is 5.91 Å². The van der Waals surface area contributed by atoms with Crippen molar-refractivity contribution >= 4 is 11.6 Å². The van der Waals surface area contributed by atoms with Gasteiger partial charge in [-0.05, 0) is 43.7 Å². The van der Waals surface area contributed by atoms with E-state index in [9.17, 15) is 4.79 Å². The van der Waals surface area contributed by atoms with E-state index in [-0.39, 0.29) is 5.91 Å². The van der Waals surface area contributed by atoms with Gasteiger partial charge in [0.2, 0.25) is 0 Å². The number of benzene rings is 1. The van der Waals surface area contributed by atoms with Crippen molar-refractivity contribution in [1.29, 1.82) is 0 Å². The first kappa shape index (κ1) is 14.6. The number of piperazine rings is 1. The monoisotopic (exact) mass is 295 g/mol. The summed E-state index contributed by atoms with van der Waals surface area (Å²) in [5.41, 5.74) is 3.22. The predicted molar refractivity (Wildman–Crippen MR) is 88.1 cm³/mol. The largest absolute Gasteiger partial charge is 0.365 e. The summed E-state index contributed by atoms with van der Waals surface area (Å²) in [7, 11) is 0. The summed E-state index contributed by atoms with van der Waals surface area (Å²) < 4.78 is 0. The van der Waals surface area contributed by atoms with Gasteiger partial charge in [0.15, 0.2) is 0 Å². The number of hydrogen-bond donors (Lipinski definition) is 0. The third kappa shape index (κ3) is 2.96. The molecular formula is C18H21N3O. The first-order chi connectivity index (χ1) is 10.6. The van der Waals surface area contributed by atoms with Crippen LogP contribution in [-0.2, 0) is 0 Å². The molecule has 4 nitrogen and oxygen atoms in total. The van der Waals surface area contributed by atoms with Crippen molar-refractivity contribution in [3.8, 4) is 0 Å². The number of nitrogens with zero attached hydrogens (tertiary/aromatic N) is 3. The van der Waals surface area contributed by atoms with Gasteiger partial charge >= 0.3 is 0 Å². The van der Waals surface area contributed by atoms with Crippen molar-refractivity contribution in [3.05, 3.63) is 59.9 Å². The van der Waals surface area contributed by atoms with E-state index in [1.807, 2.05) is 4.90 Å². The van der Waals surface area contributed by atoms with Gasteiger partial charge in [-0.1, -0.05) is 12.1 Å². The number of rotatable bonds is 2. The van der Waals surface area contributed by atoms with E-state index in [1.165, 1.54) is 11.3 Å². The molecule has 3 rings (SSSR count). The molecule has 0 radical (unpaired) electrons. The lowest BCUT2D eigenvalue weighted by atomic mass is 10.1. The molecule has 22 heavy (non-hydrogen) atoms. The van der Waals surface area contributed by atoms with Crippen molar-refractivity contribution in [2.45, 2.75) is 19.9 Å². The van der Waals surface area contributed by atoms with Gasteiger partial charge in [0.1, 0.15) is 0 Å². The van der Waals surface area contributed by atoms with Gasteiger partial charge in [0, 0.05) is 49.3 Å². The summed E-state index contributed by atoms with van der Waals surface area (Å²) in [4.78, 5) is 20.8. The topological polar surface area (TPSA) is 36.4 Å². The van der Waals surface area contributed by atoms with Crippen molar-refractivity contribution in [2.75, 3.05) is 24.5 Å². The quantitative estimate of drug-likeness (QED) is 0.855.